The van der Waals surface area contributed by atoms with Crippen LogP contribution in [0, 0.1) is 0 Å². The fraction of sp³-hybridized carbons (Fsp3) is 0.400. The highest BCUT2D eigenvalue weighted by atomic mass is 35.5. The van der Waals surface area contributed by atoms with Crippen LogP contribution >= 0.6 is 12.4 Å². The van der Waals surface area contributed by atoms with Gasteiger partial charge in [-0.25, -0.2) is 0 Å². The zero-order valence-corrected chi connectivity index (χ0v) is 16.2. The Balaban J connectivity index is 0.00000280. The summed E-state index contributed by atoms with van der Waals surface area (Å²) >= 11 is 0. The number of halogens is 3. The molecule has 0 bridgehead atoms. The number of rotatable bonds is 6. The van der Waals surface area contributed by atoms with Crippen LogP contribution in [-0.2, 0) is 6.54 Å². The number of hydrogen-bond donors (Lipinski definition) is 1. The first-order chi connectivity index (χ1) is 13.1. The first-order valence-corrected chi connectivity index (χ1v) is 9.10. The molecule has 1 fully saturated rings. The second-order valence-corrected chi connectivity index (χ2v) is 6.49. The van der Waals surface area contributed by atoms with E-state index in [0.29, 0.717) is 12.1 Å². The van der Waals surface area contributed by atoms with Crippen LogP contribution in [0.25, 0.3) is 0 Å². The summed E-state index contributed by atoms with van der Waals surface area (Å²) in [4.78, 5) is 19.4. The van der Waals surface area contributed by atoms with Gasteiger partial charge in [0.15, 0.2) is 0 Å². The van der Waals surface area contributed by atoms with Crippen molar-refractivity contribution >= 4 is 18.3 Å². The highest BCUT2D eigenvalue weighted by Gasteiger charge is 2.26. The van der Waals surface area contributed by atoms with Crippen LogP contribution in [-0.4, -0.2) is 41.5 Å². The second-order valence-electron chi connectivity index (χ2n) is 6.49. The zero-order valence-electron chi connectivity index (χ0n) is 15.4. The summed E-state index contributed by atoms with van der Waals surface area (Å²) in [5.41, 5.74) is 1.27. The minimum absolute atomic E-state index is 0. The lowest BCUT2D eigenvalue weighted by Gasteiger charge is -2.31. The van der Waals surface area contributed by atoms with E-state index >= 15 is 0 Å². The number of benzene rings is 1. The van der Waals surface area contributed by atoms with E-state index in [4.69, 9.17) is 0 Å². The van der Waals surface area contributed by atoms with Crippen molar-refractivity contribution in [2.45, 2.75) is 38.5 Å². The summed E-state index contributed by atoms with van der Waals surface area (Å²) in [6.07, 6.45) is 4.49. The number of hydrogen-bond acceptors (Lipinski definition) is 4. The maximum atomic E-state index is 13.2. The maximum Gasteiger partial charge on any atom is 0.387 e. The van der Waals surface area contributed by atoms with E-state index in [0.717, 1.165) is 38.0 Å². The summed E-state index contributed by atoms with van der Waals surface area (Å²) in [6.45, 7) is -0.662. The van der Waals surface area contributed by atoms with Gasteiger partial charge in [-0.2, -0.15) is 8.78 Å². The monoisotopic (exact) mass is 411 g/mol. The van der Waals surface area contributed by atoms with Gasteiger partial charge in [-0.15, -0.1) is 12.4 Å². The third kappa shape index (κ3) is 6.14. The molecule has 1 N–H and O–H groups in total. The van der Waals surface area contributed by atoms with Crippen LogP contribution in [0.5, 0.6) is 5.75 Å². The molecule has 0 saturated carbocycles. The topological polar surface area (TPSA) is 54.5 Å². The van der Waals surface area contributed by atoms with Gasteiger partial charge in [-0.1, -0.05) is 6.07 Å². The van der Waals surface area contributed by atoms with Gasteiger partial charge in [0, 0.05) is 17.8 Å². The van der Waals surface area contributed by atoms with Crippen molar-refractivity contribution in [3.05, 3.63) is 59.9 Å². The Bertz CT molecular complexity index is 724. The van der Waals surface area contributed by atoms with Crippen LogP contribution in [0.2, 0.25) is 0 Å². The molecule has 1 saturated heterocycles. The lowest BCUT2D eigenvalue weighted by Crippen LogP contribution is -2.40. The van der Waals surface area contributed by atoms with Crippen molar-refractivity contribution in [3.63, 3.8) is 0 Å². The van der Waals surface area contributed by atoms with Gasteiger partial charge in [-0.05, 0) is 68.8 Å². The summed E-state index contributed by atoms with van der Waals surface area (Å²) < 4.78 is 29.0. The summed E-state index contributed by atoms with van der Waals surface area (Å²) in [6, 6.07) is 11.6. The van der Waals surface area contributed by atoms with Crippen molar-refractivity contribution in [1.29, 1.82) is 0 Å². The minimum Gasteiger partial charge on any atom is -0.435 e. The number of carbonyl (C=O) groups is 1. The highest BCUT2D eigenvalue weighted by molar-refractivity contribution is 5.94. The van der Waals surface area contributed by atoms with Crippen molar-refractivity contribution in [2.24, 2.45) is 0 Å². The van der Waals surface area contributed by atoms with E-state index in [2.05, 4.69) is 15.0 Å². The molecule has 152 valence electrons. The third-order valence-corrected chi connectivity index (χ3v) is 4.63. The second kappa shape index (κ2) is 10.9. The molecule has 1 aliphatic rings. The summed E-state index contributed by atoms with van der Waals surface area (Å²) in [5, 5.41) is 3.36. The zero-order chi connectivity index (χ0) is 19.1. The number of amides is 1. The molecule has 28 heavy (non-hydrogen) atoms. The Kier molecular flexibility index (Phi) is 8.60. The van der Waals surface area contributed by atoms with Crippen LogP contribution in [0.3, 0.4) is 0 Å². The number of nitrogens with zero attached hydrogens (tertiary/aromatic N) is 2. The first-order valence-electron chi connectivity index (χ1n) is 9.10. The van der Waals surface area contributed by atoms with Crippen LogP contribution < -0.4 is 10.1 Å². The van der Waals surface area contributed by atoms with Gasteiger partial charge in [0.05, 0.1) is 12.2 Å². The number of alkyl halides is 2. The smallest absolute Gasteiger partial charge is 0.387 e. The number of pyridine rings is 1. The molecule has 1 aromatic carbocycles. The predicted molar refractivity (Wildman–Crippen MR) is 105 cm³/mol. The normalized spacial score (nSPS) is 16.8. The molecule has 1 aliphatic heterocycles. The van der Waals surface area contributed by atoms with Crippen LogP contribution in [0.15, 0.2) is 48.7 Å². The number of carbonyl (C=O) groups excluding carboxylic acids is 1. The molecule has 2 heterocycles. The van der Waals surface area contributed by atoms with Crippen molar-refractivity contribution in [3.8, 4) is 5.75 Å². The molecule has 1 unspecified atom stereocenters. The molecule has 0 aliphatic carbocycles. The quantitative estimate of drug-likeness (QED) is 0.783. The first kappa shape index (κ1) is 22.0. The molecule has 0 spiro atoms. The minimum atomic E-state index is -2.88. The maximum absolute atomic E-state index is 13.2. The predicted octanol–water partition coefficient (Wildman–Crippen LogP) is 3.89. The Morgan fingerprint density at radius 3 is 2.64 bits per heavy atom. The molecule has 0 radical (unpaired) electrons. The van der Waals surface area contributed by atoms with Gasteiger partial charge in [0.2, 0.25) is 0 Å². The summed E-state index contributed by atoms with van der Waals surface area (Å²) in [7, 11) is 0. The van der Waals surface area contributed by atoms with Crippen LogP contribution in [0.1, 0.15) is 35.3 Å². The lowest BCUT2D eigenvalue weighted by molar-refractivity contribution is -0.0498. The van der Waals surface area contributed by atoms with E-state index < -0.39 is 6.61 Å². The average Bonchev–Trinajstić information content (AvgIpc) is 2.96. The average molecular weight is 412 g/mol. The number of nitrogens with one attached hydrogen (secondary N) is 1. The van der Waals surface area contributed by atoms with E-state index in [-0.39, 0.29) is 30.1 Å². The van der Waals surface area contributed by atoms with Gasteiger partial charge < -0.3 is 15.0 Å². The lowest BCUT2D eigenvalue weighted by atomic mass is 10.0. The molecule has 2 aromatic rings. The van der Waals surface area contributed by atoms with Crippen LogP contribution in [0.4, 0.5) is 8.78 Å². The SMILES string of the molecule is Cl.O=C(c1ccc(OC(F)F)cc1)N(Cc1ccccn1)C1CCCNCC1. The van der Waals surface area contributed by atoms with E-state index in [9.17, 15) is 13.6 Å². The third-order valence-electron chi connectivity index (χ3n) is 4.63. The van der Waals surface area contributed by atoms with Gasteiger partial charge in [0.1, 0.15) is 5.75 Å². The van der Waals surface area contributed by atoms with Gasteiger partial charge in [0.25, 0.3) is 5.91 Å². The standard InChI is InChI=1S/C20H23F2N3O2.ClH/c21-20(22)27-18-8-6-15(7-9-18)19(26)25(14-16-4-1-2-12-24-16)17-5-3-11-23-13-10-17;/h1-2,4,6-9,12,17,20,23H,3,5,10-11,13-14H2;1H. The number of ether oxygens (including phenoxy) is 1. The molecule has 1 amide bonds. The van der Waals surface area contributed by atoms with E-state index in [1.54, 1.807) is 6.20 Å². The molecule has 1 atom stereocenters. The molecule has 3 rings (SSSR count). The fourth-order valence-corrected chi connectivity index (χ4v) is 3.29. The molecular formula is C20H24ClF2N3O2. The molecule has 8 heteroatoms. The Labute approximate surface area is 169 Å². The fourth-order valence-electron chi connectivity index (χ4n) is 3.29. The van der Waals surface area contributed by atoms with E-state index in [1.165, 1.54) is 24.3 Å². The van der Waals surface area contributed by atoms with Gasteiger partial charge >= 0.3 is 6.61 Å². The Hall–Kier alpha value is -2.25. The molecule has 1 aromatic heterocycles. The largest absolute Gasteiger partial charge is 0.435 e. The molecule has 5 nitrogen and oxygen atoms in total. The Morgan fingerprint density at radius 1 is 1.18 bits per heavy atom. The van der Waals surface area contributed by atoms with Crippen molar-refractivity contribution in [2.75, 3.05) is 13.1 Å². The Morgan fingerprint density at radius 2 is 1.96 bits per heavy atom. The number of aromatic nitrogens is 1. The van der Waals surface area contributed by atoms with E-state index in [1.807, 2.05) is 23.1 Å². The van der Waals surface area contributed by atoms with Crippen molar-refractivity contribution < 1.29 is 18.3 Å². The highest BCUT2D eigenvalue weighted by Crippen LogP contribution is 2.21. The molecular weight excluding hydrogens is 388 g/mol. The van der Waals surface area contributed by atoms with Gasteiger partial charge in [-0.3, -0.25) is 9.78 Å². The summed E-state index contributed by atoms with van der Waals surface area (Å²) in [5.74, 6) is -0.0901. The van der Waals surface area contributed by atoms with Crippen molar-refractivity contribution in [1.82, 2.24) is 15.2 Å².